The van der Waals surface area contributed by atoms with Crippen LogP contribution in [0.5, 0.6) is 0 Å². The van der Waals surface area contributed by atoms with Crippen molar-refractivity contribution in [1.29, 1.82) is 0 Å². The maximum absolute atomic E-state index is 13.1. The van der Waals surface area contributed by atoms with E-state index in [0.29, 0.717) is 49.1 Å². The van der Waals surface area contributed by atoms with Gasteiger partial charge in [0.25, 0.3) is 0 Å². The first-order valence-corrected chi connectivity index (χ1v) is 12.5. The molecule has 4 rings (SSSR count). The first-order chi connectivity index (χ1) is 15.7. The van der Waals surface area contributed by atoms with Crippen LogP contribution in [-0.4, -0.2) is 84.8 Å². The lowest BCUT2D eigenvalue weighted by molar-refractivity contribution is -0.153. The summed E-state index contributed by atoms with van der Waals surface area (Å²) >= 11 is 12.3. The molecule has 3 atom stereocenters. The predicted molar refractivity (Wildman–Crippen MR) is 129 cm³/mol. The van der Waals surface area contributed by atoms with Gasteiger partial charge in [0.2, 0.25) is 5.91 Å². The van der Waals surface area contributed by atoms with Crippen LogP contribution < -0.4 is 4.90 Å². The zero-order valence-electron chi connectivity index (χ0n) is 19.3. The molecule has 3 aliphatic rings. The number of halogens is 2. The number of methoxy groups -OCH3 is 1. The van der Waals surface area contributed by atoms with Crippen molar-refractivity contribution in [3.63, 3.8) is 0 Å². The summed E-state index contributed by atoms with van der Waals surface area (Å²) in [6.07, 6.45) is 3.70. The summed E-state index contributed by atoms with van der Waals surface area (Å²) in [6.45, 7) is 5.16. The second-order valence-electron chi connectivity index (χ2n) is 9.69. The Morgan fingerprint density at radius 3 is 2.61 bits per heavy atom. The van der Waals surface area contributed by atoms with Crippen molar-refractivity contribution in [3.05, 3.63) is 28.2 Å². The summed E-state index contributed by atoms with van der Waals surface area (Å²) in [7, 11) is 1.37. The van der Waals surface area contributed by atoms with Crippen LogP contribution >= 0.6 is 23.2 Å². The highest BCUT2D eigenvalue weighted by molar-refractivity contribution is 6.42. The van der Waals surface area contributed by atoms with Crippen molar-refractivity contribution in [1.82, 2.24) is 9.80 Å². The van der Waals surface area contributed by atoms with Crippen LogP contribution in [0, 0.1) is 5.41 Å². The molecule has 0 radical (unpaired) electrons. The number of carbonyl (C=O) groups is 2. The van der Waals surface area contributed by atoms with Gasteiger partial charge in [-0.2, -0.15) is 0 Å². The molecule has 182 valence electrons. The van der Waals surface area contributed by atoms with Gasteiger partial charge in [-0.1, -0.05) is 23.2 Å². The van der Waals surface area contributed by atoms with Gasteiger partial charge in [0, 0.05) is 44.3 Å². The van der Waals surface area contributed by atoms with Crippen molar-refractivity contribution < 1.29 is 19.4 Å². The number of esters is 1. The standard InChI is InChI=1S/C24H33Cl2N3O4/c1-16-14-29(22(31)6-11-28(16)17-3-4-18(25)19(26)13-17)20(23(32)33-2)5-10-27-12-9-24(7-8-24)21(30)15-27/h3-4,13,16,20-21,30H,5-12,14-15H2,1-2H3/t16-,20-,21+/m0/s1. The van der Waals surface area contributed by atoms with Gasteiger partial charge in [-0.05, 0) is 62.8 Å². The number of benzene rings is 1. The molecule has 3 fully saturated rings. The van der Waals surface area contributed by atoms with E-state index in [-0.39, 0.29) is 23.5 Å². The molecule has 1 aliphatic carbocycles. The first kappa shape index (κ1) is 24.6. The number of carbonyl (C=O) groups excluding carboxylic acids is 2. The third-order valence-electron chi connectivity index (χ3n) is 7.64. The number of hydrogen-bond acceptors (Lipinski definition) is 6. The molecule has 2 saturated heterocycles. The highest BCUT2D eigenvalue weighted by atomic mass is 35.5. The SMILES string of the molecule is COC(=O)[C@H](CCN1CCC2(CC2)[C@H](O)C1)N1C[C@H](C)N(c2ccc(Cl)c(Cl)c2)CCC1=O. The minimum Gasteiger partial charge on any atom is -0.467 e. The normalized spacial score (nSPS) is 26.3. The first-order valence-electron chi connectivity index (χ1n) is 11.7. The molecule has 2 aliphatic heterocycles. The molecule has 1 aromatic rings. The Labute approximate surface area is 205 Å². The molecule has 0 aromatic heterocycles. The van der Waals surface area contributed by atoms with Crippen LogP contribution in [-0.2, 0) is 14.3 Å². The number of rotatable bonds is 6. The number of amides is 1. The lowest BCUT2D eigenvalue weighted by Crippen LogP contribution is -2.51. The van der Waals surface area contributed by atoms with Crippen LogP contribution in [0.2, 0.25) is 10.0 Å². The molecule has 0 unspecified atom stereocenters. The number of piperidine rings is 1. The number of β-amino-alcohol motifs (C(OH)–C–C–N with tert-alkyl or cyclic N) is 1. The van der Waals surface area contributed by atoms with E-state index >= 15 is 0 Å². The van der Waals surface area contributed by atoms with E-state index in [9.17, 15) is 14.7 Å². The van der Waals surface area contributed by atoms with Crippen LogP contribution in [0.3, 0.4) is 0 Å². The van der Waals surface area contributed by atoms with E-state index < -0.39 is 12.0 Å². The maximum atomic E-state index is 13.1. The Kier molecular flexibility index (Phi) is 7.44. The number of aliphatic hydroxyl groups excluding tert-OH is 1. The Morgan fingerprint density at radius 1 is 1.21 bits per heavy atom. The van der Waals surface area contributed by atoms with Crippen LogP contribution in [0.4, 0.5) is 5.69 Å². The molecule has 0 bridgehead atoms. The fraction of sp³-hybridized carbons (Fsp3) is 0.667. The summed E-state index contributed by atoms with van der Waals surface area (Å²) in [4.78, 5) is 31.8. The van der Waals surface area contributed by atoms with Crippen molar-refractivity contribution >= 4 is 40.8 Å². The molecule has 1 spiro atoms. The molecular formula is C24H33Cl2N3O4. The second-order valence-corrected chi connectivity index (χ2v) is 10.5. The summed E-state index contributed by atoms with van der Waals surface area (Å²) in [5.41, 5.74) is 1.04. The summed E-state index contributed by atoms with van der Waals surface area (Å²) in [6, 6.07) is 4.80. The van der Waals surface area contributed by atoms with Crippen molar-refractivity contribution in [2.24, 2.45) is 5.41 Å². The van der Waals surface area contributed by atoms with Crippen LogP contribution in [0.25, 0.3) is 0 Å². The van der Waals surface area contributed by atoms with Crippen LogP contribution in [0.1, 0.15) is 39.0 Å². The summed E-state index contributed by atoms with van der Waals surface area (Å²) in [5.74, 6) is -0.454. The number of nitrogens with zero attached hydrogens (tertiary/aromatic N) is 3. The van der Waals surface area contributed by atoms with Gasteiger partial charge in [0.1, 0.15) is 6.04 Å². The molecule has 1 N–H and O–H groups in total. The minimum absolute atomic E-state index is 0.0209. The van der Waals surface area contributed by atoms with Gasteiger partial charge in [-0.3, -0.25) is 4.79 Å². The number of hydrogen-bond donors (Lipinski definition) is 1. The lowest BCUT2D eigenvalue weighted by Gasteiger charge is -2.38. The largest absolute Gasteiger partial charge is 0.467 e. The Bertz CT molecular complexity index is 894. The zero-order valence-corrected chi connectivity index (χ0v) is 20.8. The maximum Gasteiger partial charge on any atom is 0.328 e. The quantitative estimate of drug-likeness (QED) is 0.608. The minimum atomic E-state index is -0.646. The average Bonchev–Trinajstić information content (AvgIpc) is 3.59. The summed E-state index contributed by atoms with van der Waals surface area (Å²) < 4.78 is 5.09. The highest BCUT2D eigenvalue weighted by Crippen LogP contribution is 2.53. The summed E-state index contributed by atoms with van der Waals surface area (Å²) in [5, 5.41) is 11.5. The van der Waals surface area contributed by atoms with Gasteiger partial charge in [0.05, 0.1) is 23.3 Å². The van der Waals surface area contributed by atoms with E-state index in [1.807, 2.05) is 19.1 Å². The molecule has 9 heteroatoms. The van der Waals surface area contributed by atoms with E-state index in [0.717, 1.165) is 31.5 Å². The Balaban J connectivity index is 1.44. The molecule has 1 saturated carbocycles. The van der Waals surface area contributed by atoms with Gasteiger partial charge >= 0.3 is 5.97 Å². The molecule has 33 heavy (non-hydrogen) atoms. The van der Waals surface area contributed by atoms with E-state index in [4.69, 9.17) is 27.9 Å². The van der Waals surface area contributed by atoms with Crippen LogP contribution in [0.15, 0.2) is 18.2 Å². The molecular weight excluding hydrogens is 465 g/mol. The Hall–Kier alpha value is -1.54. The smallest absolute Gasteiger partial charge is 0.328 e. The molecule has 7 nitrogen and oxygen atoms in total. The lowest BCUT2D eigenvalue weighted by atomic mass is 9.90. The number of ether oxygens (including phenoxy) is 1. The topological polar surface area (TPSA) is 73.3 Å². The second kappa shape index (κ2) is 9.98. The fourth-order valence-electron chi connectivity index (χ4n) is 5.28. The van der Waals surface area contributed by atoms with E-state index in [1.54, 1.807) is 11.0 Å². The van der Waals surface area contributed by atoms with Gasteiger partial charge < -0.3 is 24.5 Å². The number of aliphatic hydroxyl groups is 1. The monoisotopic (exact) mass is 497 g/mol. The predicted octanol–water partition coefficient (Wildman–Crippen LogP) is 3.20. The Morgan fingerprint density at radius 2 is 1.97 bits per heavy atom. The van der Waals surface area contributed by atoms with Gasteiger partial charge in [-0.15, -0.1) is 0 Å². The fourth-order valence-corrected chi connectivity index (χ4v) is 5.57. The van der Waals surface area contributed by atoms with E-state index in [1.165, 1.54) is 7.11 Å². The third kappa shape index (κ3) is 5.26. The number of anilines is 1. The average molecular weight is 498 g/mol. The molecule has 1 aromatic carbocycles. The van der Waals surface area contributed by atoms with Gasteiger partial charge in [-0.25, -0.2) is 4.79 Å². The van der Waals surface area contributed by atoms with Crippen molar-refractivity contribution in [3.8, 4) is 0 Å². The molecule has 1 amide bonds. The van der Waals surface area contributed by atoms with Crippen molar-refractivity contribution in [2.75, 3.05) is 44.7 Å². The van der Waals surface area contributed by atoms with E-state index in [2.05, 4.69) is 9.80 Å². The van der Waals surface area contributed by atoms with Crippen molar-refractivity contribution in [2.45, 2.75) is 57.2 Å². The van der Waals surface area contributed by atoms with Gasteiger partial charge in [0.15, 0.2) is 0 Å². The molecule has 2 heterocycles. The third-order valence-corrected chi connectivity index (χ3v) is 8.38. The zero-order chi connectivity index (χ0) is 23.8. The number of likely N-dealkylation sites (tertiary alicyclic amines) is 1. The highest BCUT2D eigenvalue weighted by Gasteiger charge is 2.51.